The second-order valence-corrected chi connectivity index (χ2v) is 10.7. The summed E-state index contributed by atoms with van der Waals surface area (Å²) in [6.07, 6.45) is 0. The summed E-state index contributed by atoms with van der Waals surface area (Å²) in [5.41, 5.74) is 1.51. The molecule has 0 saturated heterocycles. The molecule has 1 amide bonds. The maximum absolute atomic E-state index is 13.5. The van der Waals surface area contributed by atoms with Crippen LogP contribution in [0.15, 0.2) is 83.8 Å². The van der Waals surface area contributed by atoms with Gasteiger partial charge in [-0.05, 0) is 48.9 Å². The standard InChI is InChI=1S/C25H27ClN2O4S2/c1-2-32-24-11-7-6-10-23(24)28(34(30,31)22-14-12-21(26)13-15-22)18-25(29)27-16-17-33-19-20-8-4-3-5-9-20/h3-15H,2,16-19H2,1H3,(H,27,29). The molecule has 6 nitrogen and oxygen atoms in total. The highest BCUT2D eigenvalue weighted by Gasteiger charge is 2.29. The van der Waals surface area contributed by atoms with Gasteiger partial charge in [-0.2, -0.15) is 11.8 Å². The first kappa shape index (κ1) is 25.9. The number of halogens is 1. The Labute approximate surface area is 210 Å². The van der Waals surface area contributed by atoms with Crippen molar-refractivity contribution in [2.24, 2.45) is 0 Å². The molecule has 0 aromatic heterocycles. The number of hydrogen-bond donors (Lipinski definition) is 1. The lowest BCUT2D eigenvalue weighted by Gasteiger charge is -2.26. The van der Waals surface area contributed by atoms with E-state index in [1.807, 2.05) is 25.1 Å². The number of nitrogens with zero attached hydrogens (tertiary/aromatic N) is 1. The highest BCUT2D eigenvalue weighted by molar-refractivity contribution is 7.98. The van der Waals surface area contributed by atoms with Gasteiger partial charge in [-0.1, -0.05) is 54.1 Å². The molecule has 0 radical (unpaired) electrons. The lowest BCUT2D eigenvalue weighted by Crippen LogP contribution is -2.41. The van der Waals surface area contributed by atoms with Crippen LogP contribution in [0, 0.1) is 0 Å². The SMILES string of the molecule is CCOc1ccccc1N(CC(=O)NCCSCc1ccccc1)S(=O)(=O)c1ccc(Cl)cc1. The molecule has 0 aliphatic rings. The first-order chi connectivity index (χ1) is 16.4. The first-order valence-electron chi connectivity index (χ1n) is 10.8. The zero-order valence-electron chi connectivity index (χ0n) is 18.8. The van der Waals surface area contributed by atoms with E-state index in [-0.39, 0.29) is 11.4 Å². The third-order valence-electron chi connectivity index (χ3n) is 4.80. The molecule has 0 atom stereocenters. The van der Waals surface area contributed by atoms with E-state index in [2.05, 4.69) is 17.4 Å². The van der Waals surface area contributed by atoms with E-state index < -0.39 is 15.9 Å². The van der Waals surface area contributed by atoms with Crippen molar-refractivity contribution >= 4 is 45.0 Å². The van der Waals surface area contributed by atoms with Crippen molar-refractivity contribution < 1.29 is 17.9 Å². The van der Waals surface area contributed by atoms with Crippen LogP contribution in [0.3, 0.4) is 0 Å². The molecule has 0 aliphatic heterocycles. The number of ether oxygens (including phenoxy) is 1. The number of hydrogen-bond acceptors (Lipinski definition) is 5. The minimum absolute atomic E-state index is 0.0365. The van der Waals surface area contributed by atoms with E-state index in [4.69, 9.17) is 16.3 Å². The maximum Gasteiger partial charge on any atom is 0.264 e. The van der Waals surface area contributed by atoms with Crippen molar-refractivity contribution in [1.82, 2.24) is 5.32 Å². The molecule has 9 heteroatoms. The molecule has 3 rings (SSSR count). The van der Waals surface area contributed by atoms with Crippen LogP contribution in [-0.2, 0) is 20.6 Å². The summed E-state index contributed by atoms with van der Waals surface area (Å²) < 4.78 is 33.7. The lowest BCUT2D eigenvalue weighted by molar-refractivity contribution is -0.119. The van der Waals surface area contributed by atoms with Gasteiger partial charge in [-0.25, -0.2) is 8.42 Å². The summed E-state index contributed by atoms with van der Waals surface area (Å²) in [5.74, 6) is 1.54. The lowest BCUT2D eigenvalue weighted by atomic mass is 10.2. The summed E-state index contributed by atoms with van der Waals surface area (Å²) in [6, 6.07) is 22.7. The maximum atomic E-state index is 13.5. The molecular formula is C25H27ClN2O4S2. The Bertz CT molecular complexity index is 1170. The molecule has 1 N–H and O–H groups in total. The fraction of sp³-hybridized carbons (Fsp3) is 0.240. The molecule has 0 aliphatic carbocycles. The third kappa shape index (κ3) is 7.16. The van der Waals surface area contributed by atoms with Crippen LogP contribution in [0.1, 0.15) is 12.5 Å². The van der Waals surface area contributed by atoms with Crippen LogP contribution in [0.2, 0.25) is 5.02 Å². The number of carbonyl (C=O) groups is 1. The summed E-state index contributed by atoms with van der Waals surface area (Å²) in [6.45, 7) is 2.22. The largest absolute Gasteiger partial charge is 0.492 e. The van der Waals surface area contributed by atoms with Gasteiger partial charge in [0, 0.05) is 23.1 Å². The number of carbonyl (C=O) groups excluding carboxylic acids is 1. The van der Waals surface area contributed by atoms with Gasteiger partial charge < -0.3 is 10.1 Å². The quantitative estimate of drug-likeness (QED) is 0.342. The van der Waals surface area contributed by atoms with Crippen LogP contribution < -0.4 is 14.4 Å². The van der Waals surface area contributed by atoms with E-state index in [0.717, 1.165) is 10.1 Å². The van der Waals surface area contributed by atoms with Crippen molar-refractivity contribution in [3.8, 4) is 5.75 Å². The number of amides is 1. The number of benzene rings is 3. The Morgan fingerprint density at radius 2 is 1.68 bits per heavy atom. The fourth-order valence-electron chi connectivity index (χ4n) is 3.19. The number of sulfonamides is 1. The molecule has 180 valence electrons. The Hall–Kier alpha value is -2.68. The average molecular weight is 519 g/mol. The van der Waals surface area contributed by atoms with Gasteiger partial charge in [0.15, 0.2) is 0 Å². The van der Waals surface area contributed by atoms with Gasteiger partial charge >= 0.3 is 0 Å². The summed E-state index contributed by atoms with van der Waals surface area (Å²) in [7, 11) is -4.05. The van der Waals surface area contributed by atoms with Crippen molar-refractivity contribution in [1.29, 1.82) is 0 Å². The van der Waals surface area contributed by atoms with Gasteiger partial charge in [-0.15, -0.1) is 0 Å². The number of rotatable bonds is 12. The van der Waals surface area contributed by atoms with Crippen LogP contribution in [0.25, 0.3) is 0 Å². The third-order valence-corrected chi connectivity index (χ3v) is 7.86. The molecule has 34 heavy (non-hydrogen) atoms. The Morgan fingerprint density at radius 3 is 2.38 bits per heavy atom. The smallest absolute Gasteiger partial charge is 0.264 e. The molecule has 0 fully saturated rings. The van der Waals surface area contributed by atoms with E-state index in [9.17, 15) is 13.2 Å². The minimum atomic E-state index is -4.05. The predicted molar refractivity (Wildman–Crippen MR) is 139 cm³/mol. The molecule has 3 aromatic rings. The van der Waals surface area contributed by atoms with Gasteiger partial charge in [0.25, 0.3) is 10.0 Å². The van der Waals surface area contributed by atoms with Crippen molar-refractivity contribution in [2.45, 2.75) is 17.6 Å². The van der Waals surface area contributed by atoms with Crippen LogP contribution in [-0.4, -0.2) is 39.8 Å². The van der Waals surface area contributed by atoms with E-state index in [1.54, 1.807) is 36.0 Å². The molecular weight excluding hydrogens is 492 g/mol. The molecule has 3 aromatic carbocycles. The summed E-state index contributed by atoms with van der Waals surface area (Å²) >= 11 is 7.63. The van der Waals surface area contributed by atoms with E-state index >= 15 is 0 Å². The van der Waals surface area contributed by atoms with E-state index in [1.165, 1.54) is 29.8 Å². The number of anilines is 1. The van der Waals surface area contributed by atoms with Gasteiger partial charge in [0.05, 0.1) is 17.2 Å². The second-order valence-electron chi connectivity index (χ2n) is 7.25. The Morgan fingerprint density at radius 1 is 1.00 bits per heavy atom. The highest BCUT2D eigenvalue weighted by Crippen LogP contribution is 2.32. The molecule has 0 unspecified atom stereocenters. The molecule has 0 heterocycles. The molecule has 0 spiro atoms. The average Bonchev–Trinajstić information content (AvgIpc) is 2.84. The predicted octanol–water partition coefficient (Wildman–Crippen LogP) is 4.98. The van der Waals surface area contributed by atoms with Crippen LogP contribution in [0.4, 0.5) is 5.69 Å². The minimum Gasteiger partial charge on any atom is -0.492 e. The molecule has 0 bridgehead atoms. The van der Waals surface area contributed by atoms with E-state index in [0.29, 0.717) is 35.4 Å². The zero-order chi connectivity index (χ0) is 24.4. The number of para-hydroxylation sites is 2. The summed E-state index contributed by atoms with van der Waals surface area (Å²) in [5, 5.41) is 3.25. The highest BCUT2D eigenvalue weighted by atomic mass is 35.5. The Kier molecular flexibility index (Phi) is 9.68. The van der Waals surface area contributed by atoms with Crippen molar-refractivity contribution in [3.63, 3.8) is 0 Å². The molecule has 0 saturated carbocycles. The zero-order valence-corrected chi connectivity index (χ0v) is 21.2. The summed E-state index contributed by atoms with van der Waals surface area (Å²) in [4.78, 5) is 12.8. The fourth-order valence-corrected chi connectivity index (χ4v) is 5.56. The van der Waals surface area contributed by atoms with Crippen molar-refractivity contribution in [3.05, 3.63) is 89.4 Å². The number of nitrogens with one attached hydrogen (secondary N) is 1. The van der Waals surface area contributed by atoms with Gasteiger partial charge in [-0.3, -0.25) is 9.10 Å². The second kappa shape index (κ2) is 12.7. The normalized spacial score (nSPS) is 11.1. The van der Waals surface area contributed by atoms with Gasteiger partial charge in [0.1, 0.15) is 12.3 Å². The monoisotopic (exact) mass is 518 g/mol. The van der Waals surface area contributed by atoms with Crippen LogP contribution in [0.5, 0.6) is 5.75 Å². The van der Waals surface area contributed by atoms with Gasteiger partial charge in [0.2, 0.25) is 5.91 Å². The van der Waals surface area contributed by atoms with Crippen molar-refractivity contribution in [2.75, 3.05) is 29.8 Å². The first-order valence-corrected chi connectivity index (χ1v) is 13.8. The topological polar surface area (TPSA) is 75.7 Å². The number of thioether (sulfide) groups is 1. The van der Waals surface area contributed by atoms with Crippen LogP contribution >= 0.6 is 23.4 Å². The Balaban J connectivity index is 1.72.